The molecule has 15 nitrogen and oxygen atoms in total. The Morgan fingerprint density at radius 1 is 1.00 bits per heavy atom. The van der Waals surface area contributed by atoms with Crippen molar-refractivity contribution >= 4 is 59.2 Å². The van der Waals surface area contributed by atoms with Crippen LogP contribution in [0.2, 0.25) is 0 Å². The van der Waals surface area contributed by atoms with Crippen molar-refractivity contribution in [1.29, 1.82) is 0 Å². The Hall–Kier alpha value is -5.63. The topological polar surface area (TPSA) is 241 Å². The van der Waals surface area contributed by atoms with E-state index in [1.165, 1.54) is 29.2 Å². The van der Waals surface area contributed by atoms with E-state index in [9.17, 15) is 43.1 Å². The maximum absolute atomic E-state index is 14.4. The molecular formula is C39H43N6O9P. The van der Waals surface area contributed by atoms with Crippen LogP contribution >= 0.6 is 7.60 Å². The Kier molecular flexibility index (Phi) is 11.1. The highest BCUT2D eigenvalue weighted by atomic mass is 31.2. The second-order valence-electron chi connectivity index (χ2n) is 14.4. The molecule has 2 aliphatic heterocycles. The second-order valence-corrected chi connectivity index (χ2v) is 15.9. The molecule has 1 aromatic heterocycles. The predicted molar refractivity (Wildman–Crippen MR) is 203 cm³/mol. The number of hydrogen-bond donors (Lipinski definition) is 7. The quantitative estimate of drug-likeness (QED) is 0.0988. The number of fused-ring (bicyclic) bond motifs is 1. The summed E-state index contributed by atoms with van der Waals surface area (Å²) in [5, 5.41) is 8.73. The van der Waals surface area contributed by atoms with Crippen LogP contribution in [0.4, 0.5) is 5.69 Å². The minimum atomic E-state index is -5.03. The van der Waals surface area contributed by atoms with Crippen molar-refractivity contribution in [1.82, 2.24) is 20.9 Å². The molecule has 3 heterocycles. The minimum Gasteiger partial charge on any atom is -0.370 e. The van der Waals surface area contributed by atoms with E-state index in [2.05, 4.69) is 34.8 Å². The lowest BCUT2D eigenvalue weighted by atomic mass is 9.98. The number of hydrogen-bond acceptors (Lipinski definition) is 7. The zero-order chi connectivity index (χ0) is 39.8. The van der Waals surface area contributed by atoms with Gasteiger partial charge in [-0.25, -0.2) is 0 Å². The first-order chi connectivity index (χ1) is 26.0. The summed E-state index contributed by atoms with van der Waals surface area (Å²) in [4.78, 5) is 102. The van der Waals surface area contributed by atoms with Gasteiger partial charge in [-0.1, -0.05) is 55.8 Å². The fraction of sp³-hybridized carbons (Fsp3) is 0.333. The third-order valence-corrected chi connectivity index (χ3v) is 10.8. The van der Waals surface area contributed by atoms with Crippen molar-refractivity contribution in [3.05, 3.63) is 99.7 Å². The summed E-state index contributed by atoms with van der Waals surface area (Å²) in [6.45, 7) is 6.26. The molecule has 0 saturated carbocycles. The molecule has 5 amide bonds. The Labute approximate surface area is 316 Å². The van der Waals surface area contributed by atoms with Gasteiger partial charge in [-0.15, -0.1) is 0 Å². The number of aryl methyl sites for hydroxylation is 2. The molecule has 0 saturated heterocycles. The van der Waals surface area contributed by atoms with Crippen LogP contribution in [0.5, 0.6) is 0 Å². The van der Waals surface area contributed by atoms with Gasteiger partial charge in [-0.05, 0) is 78.6 Å². The molecule has 0 bridgehead atoms. The molecule has 0 spiro atoms. The van der Waals surface area contributed by atoms with Crippen molar-refractivity contribution < 1.29 is 43.1 Å². The normalized spacial score (nSPS) is 17.1. The van der Waals surface area contributed by atoms with Gasteiger partial charge in [-0.3, -0.25) is 38.2 Å². The Morgan fingerprint density at radius 3 is 2.38 bits per heavy atom. The van der Waals surface area contributed by atoms with Crippen LogP contribution in [0.25, 0.3) is 10.9 Å². The maximum atomic E-state index is 14.4. The highest BCUT2D eigenvalue weighted by Gasteiger charge is 2.45. The average molecular weight is 771 g/mol. The highest BCUT2D eigenvalue weighted by Crippen LogP contribution is 2.41. The monoisotopic (exact) mass is 770 g/mol. The fourth-order valence-electron chi connectivity index (χ4n) is 7.19. The van der Waals surface area contributed by atoms with Crippen molar-refractivity contribution in [2.24, 2.45) is 5.73 Å². The zero-order valence-electron chi connectivity index (χ0n) is 30.5. The van der Waals surface area contributed by atoms with Gasteiger partial charge in [0.1, 0.15) is 23.8 Å². The molecule has 16 heteroatoms. The number of H-pyrrole nitrogens is 1. The van der Waals surface area contributed by atoms with Gasteiger partial charge >= 0.3 is 7.60 Å². The van der Waals surface area contributed by atoms with Gasteiger partial charge in [-0.2, -0.15) is 0 Å². The number of nitrogens with two attached hydrogens (primary N) is 1. The molecule has 3 atom stereocenters. The van der Waals surface area contributed by atoms with Gasteiger partial charge in [0.2, 0.25) is 23.6 Å². The largest absolute Gasteiger partial charge is 0.396 e. The molecule has 6 rings (SSSR count). The van der Waals surface area contributed by atoms with Crippen molar-refractivity contribution in [3.8, 4) is 0 Å². The Bertz CT molecular complexity index is 2260. The van der Waals surface area contributed by atoms with Crippen molar-refractivity contribution in [2.45, 2.75) is 83.5 Å². The van der Waals surface area contributed by atoms with Crippen LogP contribution in [-0.2, 0) is 43.1 Å². The van der Waals surface area contributed by atoms with E-state index < -0.39 is 60.8 Å². The molecule has 4 aromatic rings. The number of aromatic amines is 1. The third kappa shape index (κ3) is 8.54. The number of rotatable bonds is 13. The molecule has 3 aromatic carbocycles. The van der Waals surface area contributed by atoms with Crippen LogP contribution in [0.1, 0.15) is 87.7 Å². The van der Waals surface area contributed by atoms with Crippen LogP contribution in [-0.4, -0.2) is 68.0 Å². The SMILES string of the molecule is Cc1cc2c3c(c1)C[C@@H](C(=O)N[C@@H](CCC(N)=O)C(=O)NCc1ccc(C(C)C)cc1)N3C(=O)[C@@H](NC(=O)c1cc3cc(C(=O)P(=O)(O)O)ccc3[nH]1)CC2. The van der Waals surface area contributed by atoms with Gasteiger partial charge in [0, 0.05) is 35.9 Å². The molecule has 2 aliphatic rings. The summed E-state index contributed by atoms with van der Waals surface area (Å²) in [5.41, 5.74) is 9.41. The standard InChI is InChI=1S/C39H43N6O9P/c1-20(2)23-6-4-22(5-7-23)19-41-35(47)29(12-13-33(40)46)43-37(49)32-18-27-15-21(3)14-24-8-11-30(38(50)45(32)34(24)27)44-36(48)31-17-26-16-25(9-10-28(26)42-31)39(51)55(52,53)54/h4-7,9-10,14-17,20,29-30,32,42H,8,11-13,18-19H2,1-3H3,(H2,40,46)(H,41,47)(H,43,49)(H,44,48)(H2,52,53,54)/t29-,30-,32-/m0/s1. The summed E-state index contributed by atoms with van der Waals surface area (Å²) in [5.74, 6) is -2.60. The number of aromatic nitrogens is 1. The summed E-state index contributed by atoms with van der Waals surface area (Å²) in [7, 11) is -5.03. The Morgan fingerprint density at radius 2 is 1.71 bits per heavy atom. The third-order valence-electron chi connectivity index (χ3n) is 10.0. The van der Waals surface area contributed by atoms with Crippen LogP contribution in [0.15, 0.2) is 60.7 Å². The molecule has 0 fully saturated rings. The number of carbonyl (C=O) groups is 6. The summed E-state index contributed by atoms with van der Waals surface area (Å²) >= 11 is 0. The van der Waals surface area contributed by atoms with E-state index in [4.69, 9.17) is 5.73 Å². The van der Waals surface area contributed by atoms with E-state index >= 15 is 0 Å². The molecule has 55 heavy (non-hydrogen) atoms. The van der Waals surface area contributed by atoms with Crippen molar-refractivity contribution in [2.75, 3.05) is 4.90 Å². The molecule has 0 radical (unpaired) electrons. The number of nitrogens with one attached hydrogen (secondary N) is 4. The van der Waals surface area contributed by atoms with Gasteiger partial charge in [0.15, 0.2) is 0 Å². The number of amides is 5. The highest BCUT2D eigenvalue weighted by molar-refractivity contribution is 7.70. The second kappa shape index (κ2) is 15.6. The molecule has 0 unspecified atom stereocenters. The minimum absolute atomic E-state index is 0.0387. The maximum Gasteiger partial charge on any atom is 0.396 e. The lowest BCUT2D eigenvalue weighted by molar-refractivity contribution is -0.131. The van der Waals surface area contributed by atoms with E-state index in [0.29, 0.717) is 28.9 Å². The van der Waals surface area contributed by atoms with E-state index in [-0.39, 0.29) is 43.5 Å². The Balaban J connectivity index is 1.21. The molecule has 288 valence electrons. The lowest BCUT2D eigenvalue weighted by Gasteiger charge is -2.29. The van der Waals surface area contributed by atoms with Crippen molar-refractivity contribution in [3.63, 3.8) is 0 Å². The summed E-state index contributed by atoms with van der Waals surface area (Å²) in [6.07, 6.45) is 0.561. The first-order valence-electron chi connectivity index (χ1n) is 17.9. The van der Waals surface area contributed by atoms with Gasteiger partial charge < -0.3 is 36.5 Å². The average Bonchev–Trinajstić information content (AvgIpc) is 3.71. The van der Waals surface area contributed by atoms with E-state index in [1.54, 1.807) is 0 Å². The molecule has 0 aliphatic carbocycles. The summed E-state index contributed by atoms with van der Waals surface area (Å²) < 4.78 is 11.5. The number of benzene rings is 3. The smallest absolute Gasteiger partial charge is 0.370 e. The molecule has 8 N–H and O–H groups in total. The summed E-state index contributed by atoms with van der Waals surface area (Å²) in [6, 6.07) is 13.7. The van der Waals surface area contributed by atoms with Crippen LogP contribution in [0.3, 0.4) is 0 Å². The van der Waals surface area contributed by atoms with Crippen LogP contribution < -0.4 is 26.6 Å². The van der Waals surface area contributed by atoms with Gasteiger partial charge in [0.25, 0.3) is 11.4 Å². The van der Waals surface area contributed by atoms with E-state index in [0.717, 1.165) is 27.8 Å². The van der Waals surface area contributed by atoms with Crippen LogP contribution in [0, 0.1) is 6.92 Å². The molecular weight excluding hydrogens is 727 g/mol. The zero-order valence-corrected chi connectivity index (χ0v) is 31.4. The number of primary amides is 1. The number of anilines is 1. The van der Waals surface area contributed by atoms with Gasteiger partial charge in [0.05, 0.1) is 5.69 Å². The number of carbonyl (C=O) groups excluding carboxylic acids is 6. The number of nitrogens with zero attached hydrogens (tertiary/aromatic N) is 1. The lowest BCUT2D eigenvalue weighted by Crippen LogP contribution is -2.57. The first-order valence-corrected chi connectivity index (χ1v) is 19.6. The predicted octanol–water partition coefficient (Wildman–Crippen LogP) is 2.99. The fourth-order valence-corrected chi connectivity index (χ4v) is 7.67. The van der Waals surface area contributed by atoms with E-state index in [1.807, 2.05) is 43.3 Å². The first kappa shape index (κ1) is 39.1.